The summed E-state index contributed by atoms with van der Waals surface area (Å²) < 4.78 is 0. The Morgan fingerprint density at radius 3 is 2.29 bits per heavy atom. The summed E-state index contributed by atoms with van der Waals surface area (Å²) in [4.78, 5) is 17.5. The Morgan fingerprint density at radius 1 is 0.839 bits per heavy atom. The third kappa shape index (κ3) is 5.26. The summed E-state index contributed by atoms with van der Waals surface area (Å²) in [5.41, 5.74) is 4.89. The van der Waals surface area contributed by atoms with E-state index < -0.39 is 0 Å². The number of para-hydroxylation sites is 1. The van der Waals surface area contributed by atoms with Crippen molar-refractivity contribution in [1.29, 1.82) is 0 Å². The van der Waals surface area contributed by atoms with Crippen LogP contribution in [0.1, 0.15) is 34.3 Å². The number of anilines is 1. The first-order valence-corrected chi connectivity index (χ1v) is 11.4. The third-order valence-electron chi connectivity index (χ3n) is 6.33. The highest BCUT2D eigenvalue weighted by Gasteiger charge is 2.19. The molecule has 3 aromatic carbocycles. The molecule has 1 amide bonds. The monoisotopic (exact) mass is 415 g/mol. The first-order valence-electron chi connectivity index (χ1n) is 11.4. The molecule has 31 heavy (non-hydrogen) atoms. The number of nitrogens with zero attached hydrogens (tertiary/aromatic N) is 2. The molecule has 0 unspecified atom stereocenters. The average Bonchev–Trinajstić information content (AvgIpc) is 2.79. The molecule has 0 atom stereocenters. The summed E-state index contributed by atoms with van der Waals surface area (Å²) in [5.74, 6) is 0.0213. The number of hydrogen-bond donors (Lipinski definition) is 1. The third-order valence-corrected chi connectivity index (χ3v) is 6.33. The lowest BCUT2D eigenvalue weighted by atomic mass is 10.1. The van der Waals surface area contributed by atoms with Crippen LogP contribution in [0.4, 0.5) is 5.69 Å². The molecule has 1 N–H and O–H groups in total. The summed E-state index contributed by atoms with van der Waals surface area (Å²) in [7, 11) is 0. The Hall–Kier alpha value is -2.85. The average molecular weight is 416 g/mol. The van der Waals surface area contributed by atoms with Gasteiger partial charge >= 0.3 is 0 Å². The minimum absolute atomic E-state index is 0.0213. The predicted octanol–water partition coefficient (Wildman–Crippen LogP) is 4.79. The van der Waals surface area contributed by atoms with Crippen molar-refractivity contribution < 1.29 is 4.79 Å². The summed E-state index contributed by atoms with van der Waals surface area (Å²) in [6, 6.07) is 20.6. The minimum atomic E-state index is 0.0213. The van der Waals surface area contributed by atoms with Gasteiger partial charge in [0.05, 0.1) is 0 Å². The smallest absolute Gasteiger partial charge is 0.251 e. The lowest BCUT2D eigenvalue weighted by Gasteiger charge is -2.37. The summed E-state index contributed by atoms with van der Waals surface area (Å²) in [6.07, 6.45) is 2.12. The van der Waals surface area contributed by atoms with Crippen LogP contribution >= 0.6 is 0 Å². The van der Waals surface area contributed by atoms with Crippen LogP contribution in [0.5, 0.6) is 0 Å². The lowest BCUT2D eigenvalue weighted by molar-refractivity contribution is 0.0952. The first-order chi connectivity index (χ1) is 15.1. The number of amides is 1. The molecule has 1 aliphatic heterocycles. The summed E-state index contributed by atoms with van der Waals surface area (Å²) in [6.45, 7) is 10.6. The van der Waals surface area contributed by atoms with Crippen LogP contribution in [0.2, 0.25) is 0 Å². The standard InChI is InChI=1S/C27H33N3O/c1-21-8-7-9-22(2)26(21)30-18-16-29(17-19-30)15-6-5-14-28-27(31)25-13-12-23-10-3-4-11-24(23)20-25/h3-4,7-13,20H,5-6,14-19H2,1-2H3,(H,28,31). The van der Waals surface area contributed by atoms with E-state index in [1.54, 1.807) is 0 Å². The normalized spacial score (nSPS) is 14.7. The molecule has 1 saturated heterocycles. The zero-order valence-electron chi connectivity index (χ0n) is 18.7. The van der Waals surface area contributed by atoms with E-state index in [0.717, 1.165) is 68.4 Å². The van der Waals surface area contributed by atoms with Crippen LogP contribution < -0.4 is 10.2 Å². The van der Waals surface area contributed by atoms with Gasteiger partial charge in [-0.05, 0) is 67.3 Å². The van der Waals surface area contributed by atoms with Gasteiger partial charge in [-0.2, -0.15) is 0 Å². The van der Waals surface area contributed by atoms with Crippen LogP contribution in [0.3, 0.4) is 0 Å². The number of unbranched alkanes of at least 4 members (excludes halogenated alkanes) is 1. The minimum Gasteiger partial charge on any atom is -0.369 e. The van der Waals surface area contributed by atoms with E-state index in [1.807, 2.05) is 36.4 Å². The second-order valence-electron chi connectivity index (χ2n) is 8.59. The Morgan fingerprint density at radius 2 is 1.55 bits per heavy atom. The Labute approximate surface area is 185 Å². The molecule has 1 aliphatic rings. The van der Waals surface area contributed by atoms with Gasteiger partial charge in [-0.3, -0.25) is 9.69 Å². The molecule has 4 nitrogen and oxygen atoms in total. The van der Waals surface area contributed by atoms with E-state index in [1.165, 1.54) is 16.8 Å². The number of aryl methyl sites for hydroxylation is 2. The Bertz CT molecular complexity index is 1020. The zero-order chi connectivity index (χ0) is 21.6. The van der Waals surface area contributed by atoms with Crippen LogP contribution in [0.25, 0.3) is 10.8 Å². The quantitative estimate of drug-likeness (QED) is 0.564. The summed E-state index contributed by atoms with van der Waals surface area (Å²) >= 11 is 0. The molecule has 0 saturated carbocycles. The molecule has 0 bridgehead atoms. The number of carbonyl (C=O) groups is 1. The van der Waals surface area contributed by atoms with Crippen LogP contribution in [-0.4, -0.2) is 50.1 Å². The van der Waals surface area contributed by atoms with E-state index >= 15 is 0 Å². The fourth-order valence-corrected chi connectivity index (χ4v) is 4.59. The van der Waals surface area contributed by atoms with Crippen molar-refractivity contribution in [3.63, 3.8) is 0 Å². The SMILES string of the molecule is Cc1cccc(C)c1N1CCN(CCCCNC(=O)c2ccc3ccccc3c2)CC1. The van der Waals surface area contributed by atoms with Crippen molar-refractivity contribution in [2.24, 2.45) is 0 Å². The molecule has 0 radical (unpaired) electrons. The van der Waals surface area contributed by atoms with Crippen molar-refractivity contribution >= 4 is 22.4 Å². The molecule has 3 aromatic rings. The zero-order valence-corrected chi connectivity index (χ0v) is 18.7. The van der Waals surface area contributed by atoms with E-state index in [0.29, 0.717) is 0 Å². The van der Waals surface area contributed by atoms with Crippen molar-refractivity contribution in [2.75, 3.05) is 44.2 Å². The molecular formula is C27H33N3O. The number of piperazine rings is 1. The second kappa shape index (κ2) is 9.97. The number of nitrogens with one attached hydrogen (secondary N) is 1. The van der Waals surface area contributed by atoms with E-state index in [9.17, 15) is 4.79 Å². The molecular weight excluding hydrogens is 382 g/mol. The lowest BCUT2D eigenvalue weighted by Crippen LogP contribution is -2.47. The molecule has 0 aromatic heterocycles. The highest BCUT2D eigenvalue weighted by molar-refractivity contribution is 5.98. The highest BCUT2D eigenvalue weighted by atomic mass is 16.1. The Balaban J connectivity index is 1.16. The number of carbonyl (C=O) groups excluding carboxylic acids is 1. The summed E-state index contributed by atoms with van der Waals surface area (Å²) in [5, 5.41) is 5.35. The Kier molecular flexibility index (Phi) is 6.88. The first kappa shape index (κ1) is 21.4. The van der Waals surface area contributed by atoms with Crippen molar-refractivity contribution in [1.82, 2.24) is 10.2 Å². The van der Waals surface area contributed by atoms with Crippen LogP contribution in [0.15, 0.2) is 60.7 Å². The number of rotatable bonds is 7. The highest BCUT2D eigenvalue weighted by Crippen LogP contribution is 2.25. The predicted molar refractivity (Wildman–Crippen MR) is 130 cm³/mol. The van der Waals surface area contributed by atoms with Gasteiger partial charge in [0.2, 0.25) is 0 Å². The van der Waals surface area contributed by atoms with E-state index in [-0.39, 0.29) is 5.91 Å². The molecule has 1 fully saturated rings. The van der Waals surface area contributed by atoms with Crippen molar-refractivity contribution in [3.8, 4) is 0 Å². The van der Waals surface area contributed by atoms with Gasteiger partial charge in [0, 0.05) is 44.0 Å². The number of hydrogen-bond acceptors (Lipinski definition) is 3. The molecule has 4 rings (SSSR count). The van der Waals surface area contributed by atoms with E-state index in [4.69, 9.17) is 0 Å². The van der Waals surface area contributed by atoms with Crippen molar-refractivity contribution in [3.05, 3.63) is 77.4 Å². The second-order valence-corrected chi connectivity index (χ2v) is 8.59. The molecule has 1 heterocycles. The number of fused-ring (bicyclic) bond motifs is 1. The molecule has 162 valence electrons. The maximum Gasteiger partial charge on any atom is 0.251 e. The number of benzene rings is 3. The molecule has 4 heteroatoms. The van der Waals surface area contributed by atoms with E-state index in [2.05, 4.69) is 53.2 Å². The van der Waals surface area contributed by atoms with Gasteiger partial charge in [0.1, 0.15) is 0 Å². The van der Waals surface area contributed by atoms with Crippen LogP contribution in [0, 0.1) is 13.8 Å². The maximum absolute atomic E-state index is 12.5. The van der Waals surface area contributed by atoms with Crippen molar-refractivity contribution in [2.45, 2.75) is 26.7 Å². The fourth-order valence-electron chi connectivity index (χ4n) is 4.59. The molecule has 0 spiro atoms. The van der Waals surface area contributed by atoms with Crippen LogP contribution in [-0.2, 0) is 0 Å². The van der Waals surface area contributed by atoms with Gasteiger partial charge in [0.25, 0.3) is 5.91 Å². The van der Waals surface area contributed by atoms with Gasteiger partial charge in [-0.15, -0.1) is 0 Å². The molecule has 0 aliphatic carbocycles. The van der Waals surface area contributed by atoms with Gasteiger partial charge < -0.3 is 10.2 Å². The van der Waals surface area contributed by atoms with Gasteiger partial charge in [-0.25, -0.2) is 0 Å². The van der Waals surface area contributed by atoms with Gasteiger partial charge in [-0.1, -0.05) is 48.5 Å². The maximum atomic E-state index is 12.5. The topological polar surface area (TPSA) is 35.6 Å². The fraction of sp³-hybridized carbons (Fsp3) is 0.370. The van der Waals surface area contributed by atoms with Gasteiger partial charge in [0.15, 0.2) is 0 Å². The largest absolute Gasteiger partial charge is 0.369 e.